The molecule has 190 valence electrons. The highest BCUT2D eigenvalue weighted by Crippen LogP contribution is 2.45. The van der Waals surface area contributed by atoms with Crippen molar-refractivity contribution in [2.24, 2.45) is 0 Å². The van der Waals surface area contributed by atoms with Crippen molar-refractivity contribution in [1.29, 1.82) is 0 Å². The van der Waals surface area contributed by atoms with Crippen LogP contribution in [0, 0.1) is 0 Å². The van der Waals surface area contributed by atoms with Crippen molar-refractivity contribution in [2.45, 2.75) is 56.4 Å². The van der Waals surface area contributed by atoms with Gasteiger partial charge < -0.3 is 24.8 Å². The molecule has 10 heteroatoms. The summed E-state index contributed by atoms with van der Waals surface area (Å²) in [5.41, 5.74) is 1.31. The Morgan fingerprint density at radius 1 is 1.06 bits per heavy atom. The first-order valence-electron chi connectivity index (χ1n) is 11.9. The fraction of sp³-hybridized carbons (Fsp3) is 0.462. The quantitative estimate of drug-likeness (QED) is 0.530. The third kappa shape index (κ3) is 4.09. The van der Waals surface area contributed by atoms with Crippen molar-refractivity contribution in [3.05, 3.63) is 36.7 Å². The number of anilines is 1. The first-order valence-corrected chi connectivity index (χ1v) is 11.9. The summed E-state index contributed by atoms with van der Waals surface area (Å²) in [7, 11) is 4.90. The molecule has 0 radical (unpaired) electrons. The number of phenols is 1. The molecule has 3 aromatic rings. The monoisotopic (exact) mass is 494 g/mol. The summed E-state index contributed by atoms with van der Waals surface area (Å²) in [4.78, 5) is 10.5. The van der Waals surface area contributed by atoms with Crippen LogP contribution in [0.3, 0.4) is 0 Å². The van der Waals surface area contributed by atoms with Crippen molar-refractivity contribution >= 4 is 5.82 Å². The highest BCUT2D eigenvalue weighted by Gasteiger charge is 2.56. The van der Waals surface area contributed by atoms with E-state index in [0.29, 0.717) is 29.4 Å². The molecular formula is C26H31FN6O3. The Kier molecular flexibility index (Phi) is 5.94. The number of halogens is 1. The minimum absolute atomic E-state index is 0.00444. The van der Waals surface area contributed by atoms with Crippen LogP contribution in [0.5, 0.6) is 17.4 Å². The van der Waals surface area contributed by atoms with Gasteiger partial charge in [0.25, 0.3) is 5.88 Å². The number of benzene rings is 1. The van der Waals surface area contributed by atoms with Crippen molar-refractivity contribution in [3.8, 4) is 39.9 Å². The molecule has 1 aromatic carbocycles. The molecule has 0 saturated carbocycles. The standard InChI is InChI=1S/C26H31FN6O3/c1-25-8-9-26(2,32-25)22(27)18(12-25)33(3)21-14-28-23(31-30-21)17-7-6-15(10-19(17)34)16-11-20(35-4)24(36-5)29-13-16/h6-7,10-11,13-14,18,22,32,34H,8-9,12H2,1-5H3/t18-,22-,25-,26+/m1/s1. The van der Waals surface area contributed by atoms with E-state index in [1.807, 2.05) is 24.9 Å². The van der Waals surface area contributed by atoms with E-state index in [1.54, 1.807) is 37.7 Å². The largest absolute Gasteiger partial charge is 0.507 e. The lowest BCUT2D eigenvalue weighted by Crippen LogP contribution is -2.65. The number of piperidine rings is 1. The van der Waals surface area contributed by atoms with E-state index in [0.717, 1.165) is 24.0 Å². The molecular weight excluding hydrogens is 463 g/mol. The van der Waals surface area contributed by atoms with Crippen LogP contribution < -0.4 is 19.7 Å². The minimum atomic E-state index is -1.04. The van der Waals surface area contributed by atoms with Crippen LogP contribution in [0.15, 0.2) is 36.7 Å². The number of rotatable bonds is 6. The number of alkyl halides is 1. The maximum atomic E-state index is 15.5. The second kappa shape index (κ2) is 8.85. The number of pyridine rings is 1. The summed E-state index contributed by atoms with van der Waals surface area (Å²) in [6.45, 7) is 4.11. The molecule has 0 unspecified atom stereocenters. The third-order valence-electron chi connectivity index (χ3n) is 7.60. The zero-order valence-corrected chi connectivity index (χ0v) is 21.1. The van der Waals surface area contributed by atoms with Gasteiger partial charge in [0.2, 0.25) is 0 Å². The van der Waals surface area contributed by atoms with Crippen LogP contribution in [0.2, 0.25) is 0 Å². The lowest BCUT2D eigenvalue weighted by atomic mass is 9.82. The molecule has 5 rings (SSSR count). The number of nitrogens with zero attached hydrogens (tertiary/aromatic N) is 5. The molecule has 0 aliphatic carbocycles. The molecule has 2 fully saturated rings. The SMILES string of the molecule is COc1cc(-c2ccc(-c3ncc(N(C)[C@@H]4C[C@@]5(C)CC[C@](C)(N5)[C@@H]4F)nn3)c(O)c2)cnc1OC. The van der Waals surface area contributed by atoms with Crippen LogP contribution in [-0.2, 0) is 0 Å². The molecule has 0 spiro atoms. The van der Waals surface area contributed by atoms with Gasteiger partial charge in [-0.25, -0.2) is 14.4 Å². The Hall–Kier alpha value is -3.53. The van der Waals surface area contributed by atoms with E-state index in [9.17, 15) is 5.11 Å². The van der Waals surface area contributed by atoms with Crippen LogP contribution in [0.25, 0.3) is 22.5 Å². The van der Waals surface area contributed by atoms with Gasteiger partial charge in [-0.2, -0.15) is 0 Å². The number of hydrogen-bond acceptors (Lipinski definition) is 9. The number of aromatic hydroxyl groups is 1. The molecule has 4 atom stereocenters. The zero-order chi connectivity index (χ0) is 25.7. The molecule has 2 aromatic heterocycles. The normalized spacial score (nSPS) is 27.1. The lowest BCUT2D eigenvalue weighted by molar-refractivity contribution is 0.0859. The Balaban J connectivity index is 1.37. The maximum Gasteiger partial charge on any atom is 0.256 e. The fourth-order valence-electron chi connectivity index (χ4n) is 5.55. The number of fused-ring (bicyclic) bond motifs is 2. The summed E-state index contributed by atoms with van der Waals surface area (Å²) >= 11 is 0. The van der Waals surface area contributed by atoms with Crippen LogP contribution in [0.4, 0.5) is 10.2 Å². The zero-order valence-electron chi connectivity index (χ0n) is 21.1. The van der Waals surface area contributed by atoms with Gasteiger partial charge in [0.1, 0.15) is 11.9 Å². The van der Waals surface area contributed by atoms with Gasteiger partial charge >= 0.3 is 0 Å². The van der Waals surface area contributed by atoms with Crippen LogP contribution in [-0.4, -0.2) is 69.8 Å². The van der Waals surface area contributed by atoms with Crippen molar-refractivity contribution in [1.82, 2.24) is 25.5 Å². The molecule has 0 amide bonds. The van der Waals surface area contributed by atoms with E-state index in [1.165, 1.54) is 7.11 Å². The Bertz CT molecular complexity index is 1280. The van der Waals surface area contributed by atoms with E-state index < -0.39 is 11.7 Å². The van der Waals surface area contributed by atoms with E-state index in [4.69, 9.17) is 9.47 Å². The van der Waals surface area contributed by atoms with Gasteiger partial charge in [-0.15, -0.1) is 10.2 Å². The Morgan fingerprint density at radius 2 is 1.86 bits per heavy atom. The number of nitrogens with one attached hydrogen (secondary N) is 1. The van der Waals surface area contributed by atoms with E-state index in [-0.39, 0.29) is 23.2 Å². The van der Waals surface area contributed by atoms with Gasteiger partial charge in [0, 0.05) is 29.9 Å². The van der Waals surface area contributed by atoms with E-state index >= 15 is 4.39 Å². The third-order valence-corrected chi connectivity index (χ3v) is 7.60. The molecule has 9 nitrogen and oxygen atoms in total. The molecule has 4 heterocycles. The van der Waals surface area contributed by atoms with Gasteiger partial charge in [0.05, 0.1) is 32.0 Å². The van der Waals surface area contributed by atoms with Crippen LogP contribution >= 0.6 is 0 Å². The van der Waals surface area contributed by atoms with Gasteiger partial charge in [0.15, 0.2) is 17.4 Å². The predicted molar refractivity (Wildman–Crippen MR) is 134 cm³/mol. The summed E-state index contributed by atoms with van der Waals surface area (Å²) in [6, 6.07) is 6.64. The number of phenolic OH excluding ortho intramolecular Hbond substituents is 1. The molecule has 36 heavy (non-hydrogen) atoms. The summed E-state index contributed by atoms with van der Waals surface area (Å²) < 4.78 is 26.0. The van der Waals surface area contributed by atoms with Gasteiger partial charge in [-0.3, -0.25) is 0 Å². The molecule has 2 N–H and O–H groups in total. The van der Waals surface area contributed by atoms with Crippen molar-refractivity contribution in [3.63, 3.8) is 0 Å². The summed E-state index contributed by atoms with van der Waals surface area (Å²) in [6.07, 6.45) is 4.62. The number of methoxy groups -OCH3 is 2. The van der Waals surface area contributed by atoms with Gasteiger partial charge in [-0.1, -0.05) is 6.07 Å². The Morgan fingerprint density at radius 3 is 2.53 bits per heavy atom. The van der Waals surface area contributed by atoms with E-state index in [2.05, 4.69) is 32.4 Å². The number of ether oxygens (including phenoxy) is 2. The lowest BCUT2D eigenvalue weighted by Gasteiger charge is -2.47. The number of hydrogen-bond donors (Lipinski definition) is 2. The predicted octanol–water partition coefficient (Wildman–Crippen LogP) is 3.77. The molecule has 2 aliphatic heterocycles. The topological polar surface area (TPSA) is 106 Å². The summed E-state index contributed by atoms with van der Waals surface area (Å²) in [5, 5.41) is 22.8. The first-order chi connectivity index (χ1) is 17.2. The molecule has 2 bridgehead atoms. The average Bonchev–Trinajstić information content (AvgIpc) is 3.17. The average molecular weight is 495 g/mol. The Labute approximate surface area is 209 Å². The van der Waals surface area contributed by atoms with Crippen molar-refractivity contribution in [2.75, 3.05) is 26.2 Å². The fourth-order valence-corrected chi connectivity index (χ4v) is 5.55. The first kappa shape index (κ1) is 24.2. The summed E-state index contributed by atoms with van der Waals surface area (Å²) in [5.74, 6) is 1.65. The minimum Gasteiger partial charge on any atom is -0.507 e. The highest BCUT2D eigenvalue weighted by atomic mass is 19.1. The molecule has 2 aliphatic rings. The van der Waals surface area contributed by atoms with Crippen molar-refractivity contribution < 1.29 is 19.0 Å². The second-order valence-corrected chi connectivity index (χ2v) is 10.2. The van der Waals surface area contributed by atoms with Gasteiger partial charge in [-0.05, 0) is 56.9 Å². The second-order valence-electron chi connectivity index (χ2n) is 10.2. The molecule has 2 saturated heterocycles. The van der Waals surface area contributed by atoms with Crippen LogP contribution in [0.1, 0.15) is 33.1 Å². The highest BCUT2D eigenvalue weighted by molar-refractivity contribution is 5.73. The number of aromatic nitrogens is 4. The smallest absolute Gasteiger partial charge is 0.256 e. The maximum absolute atomic E-state index is 15.5.